The second-order valence-electron chi connectivity index (χ2n) is 7.75. The maximum atomic E-state index is 5.58. The van der Waals surface area contributed by atoms with Crippen LogP contribution in [-0.4, -0.2) is 12.7 Å². The Labute approximate surface area is 178 Å². The van der Waals surface area contributed by atoms with E-state index >= 15 is 0 Å². The quantitative estimate of drug-likeness (QED) is 0.205. The van der Waals surface area contributed by atoms with Crippen LogP contribution in [-0.2, 0) is 4.74 Å². The number of unbranched alkanes of at least 4 members (excludes halogenated alkanes) is 13. The molecule has 0 aromatic heterocycles. The third-order valence-electron chi connectivity index (χ3n) is 5.11. The van der Waals surface area contributed by atoms with Crippen LogP contribution >= 0.6 is 23.2 Å². The number of benzene rings is 1. The minimum Gasteiger partial charge on any atom is -0.373 e. The van der Waals surface area contributed by atoms with Crippen molar-refractivity contribution in [3.63, 3.8) is 0 Å². The van der Waals surface area contributed by atoms with Gasteiger partial charge in [0.15, 0.2) is 0 Å². The van der Waals surface area contributed by atoms with E-state index in [0.717, 1.165) is 6.61 Å². The molecular weight excluding hydrogens is 375 g/mol. The first-order valence-electron chi connectivity index (χ1n) is 11.3. The largest absolute Gasteiger partial charge is 0.373 e. The van der Waals surface area contributed by atoms with Crippen molar-refractivity contribution in [2.45, 2.75) is 109 Å². The summed E-state index contributed by atoms with van der Waals surface area (Å²) in [5.41, 5.74) is 0. The lowest BCUT2D eigenvalue weighted by molar-refractivity contribution is 0.387. The predicted octanol–water partition coefficient (Wildman–Crippen LogP) is 9.25. The topological polar surface area (TPSA) is 12.5 Å². The summed E-state index contributed by atoms with van der Waals surface area (Å²) in [5.74, 6) is 0. The highest BCUT2D eigenvalue weighted by Crippen LogP contribution is 2.19. The van der Waals surface area contributed by atoms with Gasteiger partial charge in [-0.2, -0.15) is 0 Å². The van der Waals surface area contributed by atoms with Crippen LogP contribution in [0, 0.1) is 0 Å². The minimum absolute atomic E-state index is 0.606. The number of hydrogen-bond donors (Lipinski definition) is 0. The normalized spacial score (nSPS) is 15.3. The summed E-state index contributed by atoms with van der Waals surface area (Å²) >= 11 is 11.2. The molecule has 0 saturated carbocycles. The van der Waals surface area contributed by atoms with Crippen molar-refractivity contribution in [3.05, 3.63) is 34.3 Å². The Balaban J connectivity index is 0.000000377. The summed E-state index contributed by atoms with van der Waals surface area (Å²) in [5, 5.41) is 1.21. The fraction of sp³-hybridized carbons (Fsp3) is 0.750. The van der Waals surface area contributed by atoms with Crippen LogP contribution in [0.25, 0.3) is 0 Å². The van der Waals surface area contributed by atoms with Gasteiger partial charge in [0.05, 0.1) is 22.8 Å². The zero-order valence-corrected chi connectivity index (χ0v) is 18.9. The number of halogens is 2. The Morgan fingerprint density at radius 1 is 0.704 bits per heavy atom. The average molecular weight is 415 g/mol. The van der Waals surface area contributed by atoms with Crippen LogP contribution in [0.1, 0.15) is 103 Å². The lowest BCUT2D eigenvalue weighted by atomic mass is 10.0. The van der Waals surface area contributed by atoms with Gasteiger partial charge in [-0.15, -0.1) is 0 Å². The van der Waals surface area contributed by atoms with Crippen LogP contribution < -0.4 is 0 Å². The van der Waals surface area contributed by atoms with Gasteiger partial charge in [-0.3, -0.25) is 0 Å². The molecule has 1 nitrogen and oxygen atoms in total. The van der Waals surface area contributed by atoms with Crippen molar-refractivity contribution in [1.82, 2.24) is 0 Å². The molecule has 1 fully saturated rings. The van der Waals surface area contributed by atoms with E-state index in [4.69, 9.17) is 27.9 Å². The van der Waals surface area contributed by atoms with Crippen molar-refractivity contribution < 1.29 is 4.74 Å². The number of hydrogen-bond acceptors (Lipinski definition) is 1. The van der Waals surface area contributed by atoms with Crippen LogP contribution in [0.3, 0.4) is 0 Å². The molecule has 1 aromatic rings. The molecule has 0 N–H and O–H groups in total. The van der Waals surface area contributed by atoms with E-state index in [0.29, 0.717) is 16.1 Å². The minimum atomic E-state index is 0.606. The summed E-state index contributed by atoms with van der Waals surface area (Å²) < 4.78 is 5.22. The Hall–Kier alpha value is -0.240. The Morgan fingerprint density at radius 2 is 1.07 bits per heavy atom. The smallest absolute Gasteiger partial charge is 0.0810 e. The maximum absolute atomic E-state index is 5.58. The zero-order valence-electron chi connectivity index (χ0n) is 17.4. The van der Waals surface area contributed by atoms with Crippen molar-refractivity contribution >= 4 is 23.2 Å². The highest BCUT2D eigenvalue weighted by atomic mass is 35.5. The van der Waals surface area contributed by atoms with Crippen LogP contribution in [0.4, 0.5) is 0 Å². The number of rotatable bonds is 15. The lowest BCUT2D eigenvalue weighted by Crippen LogP contribution is -1.86. The molecule has 1 atom stereocenters. The third kappa shape index (κ3) is 16.4. The molecule has 0 radical (unpaired) electrons. The molecule has 1 aliphatic rings. The second-order valence-corrected chi connectivity index (χ2v) is 8.57. The van der Waals surface area contributed by atoms with E-state index < -0.39 is 0 Å². The zero-order chi connectivity index (χ0) is 19.6. The van der Waals surface area contributed by atoms with Gasteiger partial charge < -0.3 is 4.74 Å². The van der Waals surface area contributed by atoms with Crippen molar-refractivity contribution in [2.24, 2.45) is 0 Å². The lowest BCUT2D eigenvalue weighted by Gasteiger charge is -2.03. The molecule has 0 bridgehead atoms. The van der Waals surface area contributed by atoms with E-state index in [1.165, 1.54) is 96.3 Å². The third-order valence-corrected chi connectivity index (χ3v) is 5.86. The van der Waals surface area contributed by atoms with Gasteiger partial charge in [-0.25, -0.2) is 0 Å². The summed E-state index contributed by atoms with van der Waals surface area (Å²) in [6.07, 6.45) is 22.3. The van der Waals surface area contributed by atoms with Gasteiger partial charge in [-0.1, -0.05) is 132 Å². The molecule has 1 heterocycles. The van der Waals surface area contributed by atoms with Gasteiger partial charge >= 0.3 is 0 Å². The highest BCUT2D eigenvalue weighted by Gasteiger charge is 2.20. The average Bonchev–Trinajstić information content (AvgIpc) is 3.49. The van der Waals surface area contributed by atoms with E-state index in [9.17, 15) is 0 Å². The summed E-state index contributed by atoms with van der Waals surface area (Å²) in [7, 11) is 0. The van der Waals surface area contributed by atoms with Gasteiger partial charge in [-0.05, 0) is 18.6 Å². The first-order valence-corrected chi connectivity index (χ1v) is 12.0. The van der Waals surface area contributed by atoms with E-state index in [1.54, 1.807) is 12.1 Å². The molecule has 27 heavy (non-hydrogen) atoms. The molecule has 3 heteroatoms. The van der Waals surface area contributed by atoms with Crippen molar-refractivity contribution in [2.75, 3.05) is 6.61 Å². The van der Waals surface area contributed by atoms with Crippen LogP contribution in [0.15, 0.2) is 24.3 Å². The van der Waals surface area contributed by atoms with Crippen molar-refractivity contribution in [3.8, 4) is 0 Å². The van der Waals surface area contributed by atoms with Crippen LogP contribution in [0.2, 0.25) is 10.0 Å². The predicted molar refractivity (Wildman–Crippen MR) is 121 cm³/mol. The fourth-order valence-electron chi connectivity index (χ4n) is 3.24. The van der Waals surface area contributed by atoms with Crippen LogP contribution in [0.5, 0.6) is 0 Å². The molecule has 0 spiro atoms. The first kappa shape index (κ1) is 24.8. The first-order chi connectivity index (χ1) is 13.2. The Morgan fingerprint density at radius 3 is 1.41 bits per heavy atom. The van der Waals surface area contributed by atoms with Crippen molar-refractivity contribution in [1.29, 1.82) is 0 Å². The molecule has 156 valence electrons. The number of epoxide rings is 1. The monoisotopic (exact) mass is 414 g/mol. The molecule has 2 rings (SSSR count). The highest BCUT2D eigenvalue weighted by molar-refractivity contribution is 6.41. The van der Waals surface area contributed by atoms with Gasteiger partial charge in [0, 0.05) is 0 Å². The maximum Gasteiger partial charge on any atom is 0.0810 e. The number of ether oxygens (including phenoxy) is 1. The summed E-state index contributed by atoms with van der Waals surface area (Å²) in [6, 6.07) is 7.19. The SMILES string of the molecule is CCCCCCCCCCCCCCCCC1CO1.Clc1ccccc1Cl. The molecule has 0 amide bonds. The summed E-state index contributed by atoms with van der Waals surface area (Å²) in [6.45, 7) is 3.33. The van der Waals surface area contributed by atoms with E-state index in [2.05, 4.69) is 6.92 Å². The van der Waals surface area contributed by atoms with Gasteiger partial charge in [0.1, 0.15) is 0 Å². The molecular formula is C24H40Cl2O. The Kier molecular flexibility index (Phi) is 16.4. The molecule has 1 unspecified atom stereocenters. The molecule has 1 saturated heterocycles. The molecule has 1 aromatic carbocycles. The standard InChI is InChI=1S/C18H36O.C6H4Cl2/c1-2-3-4-5-6-7-8-9-10-11-12-13-14-15-16-18-17-19-18;7-5-3-1-2-4-6(5)8/h18H,2-17H2,1H3;1-4H. The van der Waals surface area contributed by atoms with Gasteiger partial charge in [0.25, 0.3) is 0 Å². The second kappa shape index (κ2) is 17.8. The fourth-order valence-corrected chi connectivity index (χ4v) is 3.51. The summed E-state index contributed by atoms with van der Waals surface area (Å²) in [4.78, 5) is 0. The van der Waals surface area contributed by atoms with Gasteiger partial charge in [0.2, 0.25) is 0 Å². The molecule has 0 aliphatic carbocycles. The van der Waals surface area contributed by atoms with E-state index in [1.807, 2.05) is 12.1 Å². The molecule has 1 aliphatic heterocycles. The Bertz CT molecular complexity index is 425. The van der Waals surface area contributed by atoms with E-state index in [-0.39, 0.29) is 0 Å².